The highest BCUT2D eigenvalue weighted by atomic mass is 32.1. The molecule has 0 unspecified atom stereocenters. The fourth-order valence-electron chi connectivity index (χ4n) is 2.93. The van der Waals surface area contributed by atoms with Crippen molar-refractivity contribution in [1.82, 2.24) is 0 Å². The molecule has 0 atom stereocenters. The Bertz CT molecular complexity index is 1230. The predicted octanol–water partition coefficient (Wildman–Crippen LogP) is 3.52. The number of nitrogens with zero attached hydrogens (tertiary/aromatic N) is 2. The highest BCUT2D eigenvalue weighted by Gasteiger charge is 2.30. The quantitative estimate of drug-likeness (QED) is 0.141. The monoisotopic (exact) mass is 475 g/mol. The van der Waals surface area contributed by atoms with Crippen molar-refractivity contribution >= 4 is 40.0 Å². The number of benzene rings is 2. The van der Waals surface area contributed by atoms with Crippen LogP contribution in [0.1, 0.15) is 16.7 Å². The number of non-ortho nitro benzene ring substituents is 1. The number of alkyl halides is 3. The van der Waals surface area contributed by atoms with Gasteiger partial charge in [0.05, 0.1) is 17.1 Å². The van der Waals surface area contributed by atoms with Crippen LogP contribution in [-0.4, -0.2) is 15.0 Å². The van der Waals surface area contributed by atoms with Crippen LogP contribution in [0.5, 0.6) is 0 Å². The largest absolute Gasteiger partial charge is 0.867 e. The highest BCUT2D eigenvalue weighted by molar-refractivity contribution is 7.81. The molecule has 0 radical (unpaired) electrons. The van der Waals surface area contributed by atoms with E-state index in [1.165, 1.54) is 41.2 Å². The lowest BCUT2D eigenvalue weighted by Crippen LogP contribution is -2.40. The molecule has 0 aliphatic heterocycles. The summed E-state index contributed by atoms with van der Waals surface area (Å²) in [5.74, 6) is -0.630. The van der Waals surface area contributed by atoms with Gasteiger partial charge < -0.3 is 15.5 Å². The maximum Gasteiger partial charge on any atom is 0.416 e. The molecule has 0 bridgehead atoms. The van der Waals surface area contributed by atoms with Crippen molar-refractivity contribution in [2.45, 2.75) is 12.8 Å². The molecule has 2 N–H and O–H groups in total. The van der Waals surface area contributed by atoms with Gasteiger partial charge in [0.2, 0.25) is 5.70 Å². The summed E-state index contributed by atoms with van der Waals surface area (Å²) in [5.41, 5.74) is -0.686. The van der Waals surface area contributed by atoms with E-state index in [-0.39, 0.29) is 34.2 Å². The Labute approximate surface area is 191 Å². The summed E-state index contributed by atoms with van der Waals surface area (Å²) in [6.45, 7) is -0.326. The summed E-state index contributed by atoms with van der Waals surface area (Å²) in [5, 5.41) is 36.3. The molecule has 0 aliphatic carbocycles. The maximum absolute atomic E-state index is 13.3. The molecule has 33 heavy (non-hydrogen) atoms. The van der Waals surface area contributed by atoms with Crippen molar-refractivity contribution in [3.63, 3.8) is 0 Å². The summed E-state index contributed by atoms with van der Waals surface area (Å²) in [7, 11) is 0. The Kier molecular flexibility index (Phi) is 7.04. The lowest BCUT2D eigenvalue weighted by molar-refractivity contribution is -0.578. The van der Waals surface area contributed by atoms with Crippen molar-refractivity contribution in [3.05, 3.63) is 99.9 Å². The predicted molar refractivity (Wildman–Crippen MR) is 116 cm³/mol. The van der Waals surface area contributed by atoms with E-state index in [2.05, 4.69) is 5.32 Å². The second-order valence-electron chi connectivity index (χ2n) is 6.79. The van der Waals surface area contributed by atoms with E-state index in [1.54, 1.807) is 12.1 Å². The zero-order valence-electron chi connectivity index (χ0n) is 16.7. The number of nitro groups is 1. The third-order valence-corrected chi connectivity index (χ3v) is 4.82. The SMILES string of the molecule is O=[N+]([O-])c1ccc(/C([O-])=C(/C(=S)Nc2cccc(C(F)(F)F)c2)[n+]2cccc(CO)c2)cc1. The van der Waals surface area contributed by atoms with Crippen molar-refractivity contribution in [1.29, 1.82) is 0 Å². The first-order chi connectivity index (χ1) is 15.6. The number of aliphatic hydroxyl groups excluding tert-OH is 1. The smallest absolute Gasteiger partial charge is 0.416 e. The molecule has 3 rings (SSSR count). The molecule has 7 nitrogen and oxygen atoms in total. The van der Waals surface area contributed by atoms with Gasteiger partial charge >= 0.3 is 6.18 Å². The molecule has 0 saturated heterocycles. The fraction of sp³-hybridized carbons (Fsp3) is 0.0909. The first kappa shape index (κ1) is 23.8. The van der Waals surface area contributed by atoms with Gasteiger partial charge in [0.15, 0.2) is 17.4 Å². The molecule has 0 spiro atoms. The van der Waals surface area contributed by atoms with Crippen molar-refractivity contribution in [2.75, 3.05) is 5.32 Å². The number of aliphatic hydroxyl groups is 1. The Morgan fingerprint density at radius 3 is 2.42 bits per heavy atom. The van der Waals surface area contributed by atoms with Crippen molar-refractivity contribution < 1.29 is 32.9 Å². The number of nitrogens with one attached hydrogen (secondary N) is 1. The summed E-state index contributed by atoms with van der Waals surface area (Å²) in [6.07, 6.45) is -1.64. The number of hydrogen-bond acceptors (Lipinski definition) is 5. The lowest BCUT2D eigenvalue weighted by atomic mass is 10.1. The van der Waals surface area contributed by atoms with E-state index >= 15 is 0 Å². The van der Waals surface area contributed by atoms with Crippen LogP contribution in [0.15, 0.2) is 73.1 Å². The number of rotatable bonds is 6. The lowest BCUT2D eigenvalue weighted by Gasteiger charge is -2.17. The minimum Gasteiger partial charge on any atom is -0.867 e. The zero-order chi connectivity index (χ0) is 24.2. The molecule has 1 aromatic heterocycles. The molecule has 1 heterocycles. The van der Waals surface area contributed by atoms with Gasteiger partial charge in [-0.1, -0.05) is 18.3 Å². The summed E-state index contributed by atoms with van der Waals surface area (Å²) >= 11 is 5.36. The second-order valence-corrected chi connectivity index (χ2v) is 7.20. The molecule has 0 aliphatic rings. The third kappa shape index (κ3) is 5.70. The van der Waals surface area contributed by atoms with E-state index in [9.17, 15) is 33.5 Å². The fourth-order valence-corrected chi connectivity index (χ4v) is 3.25. The standard InChI is InChI=1S/C22H16F3N3O4S/c23-22(24,25)16-4-1-5-17(11-16)26-21(33)19(27-10-2-3-14(12-27)13-29)20(30)15-6-8-18(9-7-15)28(31)32/h1-12,29H,13H2,(H-,26,30,33). The minimum atomic E-state index is -4.56. The molecular formula is C22H16F3N3O4S. The normalized spacial score (nSPS) is 12.1. The number of hydrogen-bond donors (Lipinski definition) is 2. The first-order valence-corrected chi connectivity index (χ1v) is 9.77. The Morgan fingerprint density at radius 1 is 1.12 bits per heavy atom. The van der Waals surface area contributed by atoms with Crippen LogP contribution in [0, 0.1) is 10.1 Å². The Balaban J connectivity index is 2.08. The second kappa shape index (κ2) is 9.76. The van der Waals surface area contributed by atoms with Crippen molar-refractivity contribution in [2.24, 2.45) is 0 Å². The van der Waals surface area contributed by atoms with Gasteiger partial charge in [0.1, 0.15) is 0 Å². The molecule has 0 saturated carbocycles. The molecule has 0 fully saturated rings. The van der Waals surface area contributed by atoms with Gasteiger partial charge in [-0.05, 0) is 47.7 Å². The van der Waals surface area contributed by atoms with Crippen LogP contribution in [0.3, 0.4) is 0 Å². The van der Waals surface area contributed by atoms with E-state index in [1.807, 2.05) is 0 Å². The van der Waals surface area contributed by atoms with E-state index in [0.29, 0.717) is 5.56 Å². The number of aromatic nitrogens is 1. The van der Waals surface area contributed by atoms with Crippen LogP contribution >= 0.6 is 12.2 Å². The minimum absolute atomic E-state index is 0.0164. The van der Waals surface area contributed by atoms with Gasteiger partial charge in [0.25, 0.3) is 5.69 Å². The number of thiocarbonyl (C=S) groups is 1. The summed E-state index contributed by atoms with van der Waals surface area (Å²) < 4.78 is 40.5. The number of nitro benzene ring substituents is 1. The average molecular weight is 475 g/mol. The van der Waals surface area contributed by atoms with Gasteiger partial charge in [-0.25, -0.2) is 0 Å². The van der Waals surface area contributed by atoms with Crippen LogP contribution in [0.25, 0.3) is 11.5 Å². The van der Waals surface area contributed by atoms with E-state index in [4.69, 9.17) is 12.2 Å². The van der Waals surface area contributed by atoms with Crippen LogP contribution in [0.4, 0.5) is 24.5 Å². The topological polar surface area (TPSA) is 102 Å². The van der Waals surface area contributed by atoms with Gasteiger partial charge in [-0.15, -0.1) is 0 Å². The molecule has 3 aromatic rings. The molecular weight excluding hydrogens is 459 g/mol. The molecule has 170 valence electrons. The molecule has 0 amide bonds. The number of halogens is 3. The summed E-state index contributed by atoms with van der Waals surface area (Å²) in [6, 6.07) is 12.3. The number of anilines is 1. The Morgan fingerprint density at radius 2 is 1.82 bits per heavy atom. The Hall–Kier alpha value is -3.83. The van der Waals surface area contributed by atoms with E-state index in [0.717, 1.165) is 24.3 Å². The number of pyridine rings is 1. The van der Waals surface area contributed by atoms with Crippen molar-refractivity contribution in [3.8, 4) is 0 Å². The van der Waals surface area contributed by atoms with Crippen LogP contribution < -0.4 is 15.0 Å². The zero-order valence-corrected chi connectivity index (χ0v) is 17.6. The third-order valence-electron chi connectivity index (χ3n) is 4.52. The highest BCUT2D eigenvalue weighted by Crippen LogP contribution is 2.31. The summed E-state index contributed by atoms with van der Waals surface area (Å²) in [4.78, 5) is 10.1. The van der Waals surface area contributed by atoms with Gasteiger partial charge in [0, 0.05) is 29.4 Å². The van der Waals surface area contributed by atoms with Gasteiger partial charge in [-0.3, -0.25) is 10.1 Å². The van der Waals surface area contributed by atoms with Crippen LogP contribution in [-0.2, 0) is 12.8 Å². The van der Waals surface area contributed by atoms with E-state index < -0.39 is 22.4 Å². The maximum atomic E-state index is 13.3. The van der Waals surface area contributed by atoms with Crippen LogP contribution in [0.2, 0.25) is 0 Å². The first-order valence-electron chi connectivity index (χ1n) is 9.36. The average Bonchev–Trinajstić information content (AvgIpc) is 2.79. The molecule has 2 aromatic carbocycles. The molecule has 11 heteroatoms. The van der Waals surface area contributed by atoms with Gasteiger partial charge in [-0.2, -0.15) is 17.7 Å².